The summed E-state index contributed by atoms with van der Waals surface area (Å²) in [6, 6.07) is 10.8. The second-order valence-electron chi connectivity index (χ2n) is 9.98. The largest absolute Gasteiger partial charge is 0.412 e. The molecule has 4 rings (SSSR count). The van der Waals surface area contributed by atoms with Gasteiger partial charge in [-0.05, 0) is 42.6 Å². The van der Waals surface area contributed by atoms with Gasteiger partial charge in [-0.2, -0.15) is 0 Å². The monoisotopic (exact) mass is 479 g/mol. The van der Waals surface area contributed by atoms with Crippen LogP contribution < -0.4 is 10.1 Å². The van der Waals surface area contributed by atoms with Crippen molar-refractivity contribution in [2.75, 3.05) is 6.61 Å². The quantitative estimate of drug-likeness (QED) is 0.329. The van der Waals surface area contributed by atoms with Gasteiger partial charge in [-0.1, -0.05) is 44.6 Å². The third-order valence-electron chi connectivity index (χ3n) is 5.89. The highest BCUT2D eigenvalue weighted by Gasteiger charge is 2.18. The Morgan fingerprint density at radius 3 is 2.71 bits per heavy atom. The standard InChI is InChI=1S/C25H33N5O3Si/c1-34(2,3)12-11-32-18-30-17-27-29-24(30)21-13-20(15-26-16-21)19-7-6-10-23(14-19)33-25(31)28-22-8-4-5-9-22/h6-7,10,13-17,22H,4-5,8-9,11-12,18H2,1-3H3,(H,28,31). The first-order valence-corrected chi connectivity index (χ1v) is 15.6. The van der Waals surface area contributed by atoms with Gasteiger partial charge in [0, 0.05) is 44.2 Å². The Kier molecular flexibility index (Phi) is 7.74. The van der Waals surface area contributed by atoms with E-state index in [1.807, 2.05) is 28.8 Å². The van der Waals surface area contributed by atoms with E-state index in [9.17, 15) is 4.79 Å². The van der Waals surface area contributed by atoms with Crippen molar-refractivity contribution in [3.05, 3.63) is 49.1 Å². The van der Waals surface area contributed by atoms with Gasteiger partial charge >= 0.3 is 6.09 Å². The van der Waals surface area contributed by atoms with Gasteiger partial charge in [0.05, 0.1) is 0 Å². The van der Waals surface area contributed by atoms with Gasteiger partial charge in [0.1, 0.15) is 18.8 Å². The summed E-state index contributed by atoms with van der Waals surface area (Å²) in [5.74, 6) is 1.20. The van der Waals surface area contributed by atoms with Gasteiger partial charge in [0.2, 0.25) is 0 Å². The second-order valence-corrected chi connectivity index (χ2v) is 15.6. The zero-order valence-corrected chi connectivity index (χ0v) is 21.2. The van der Waals surface area contributed by atoms with Crippen LogP contribution in [0.25, 0.3) is 22.5 Å². The molecule has 1 aromatic carbocycles. The molecule has 0 aliphatic heterocycles. The van der Waals surface area contributed by atoms with Crippen LogP contribution >= 0.6 is 0 Å². The molecule has 1 aliphatic rings. The van der Waals surface area contributed by atoms with Gasteiger partial charge in [-0.25, -0.2) is 4.79 Å². The number of rotatable bonds is 9. The molecule has 180 valence electrons. The van der Waals surface area contributed by atoms with Crippen molar-refractivity contribution in [3.63, 3.8) is 0 Å². The minimum absolute atomic E-state index is 0.216. The van der Waals surface area contributed by atoms with Gasteiger partial charge < -0.3 is 14.8 Å². The Balaban J connectivity index is 1.43. The second kappa shape index (κ2) is 10.9. The average molecular weight is 480 g/mol. The number of amides is 1. The highest BCUT2D eigenvalue weighted by atomic mass is 28.3. The number of hydrogen-bond donors (Lipinski definition) is 1. The lowest BCUT2D eigenvalue weighted by molar-refractivity contribution is 0.0880. The fourth-order valence-electron chi connectivity index (χ4n) is 3.95. The number of hydrogen-bond acceptors (Lipinski definition) is 6. The van der Waals surface area contributed by atoms with E-state index in [0.717, 1.165) is 55.0 Å². The summed E-state index contributed by atoms with van der Waals surface area (Å²) in [4.78, 5) is 16.7. The molecule has 2 heterocycles. The minimum atomic E-state index is -1.14. The Labute approximate surface area is 201 Å². The lowest BCUT2D eigenvalue weighted by atomic mass is 10.1. The molecule has 2 aromatic heterocycles. The maximum absolute atomic E-state index is 12.3. The Bertz CT molecular complexity index is 1110. The summed E-state index contributed by atoms with van der Waals surface area (Å²) in [7, 11) is -1.14. The van der Waals surface area contributed by atoms with Gasteiger partial charge in [0.25, 0.3) is 0 Å². The van der Waals surface area contributed by atoms with E-state index in [0.29, 0.717) is 18.3 Å². The molecule has 0 atom stereocenters. The number of aromatic nitrogens is 4. The van der Waals surface area contributed by atoms with Gasteiger partial charge in [-0.15, -0.1) is 10.2 Å². The van der Waals surface area contributed by atoms with E-state index in [1.54, 1.807) is 24.8 Å². The van der Waals surface area contributed by atoms with Crippen LogP contribution in [0.15, 0.2) is 49.1 Å². The van der Waals surface area contributed by atoms with Crippen LogP contribution in [-0.2, 0) is 11.5 Å². The van der Waals surface area contributed by atoms with E-state index in [4.69, 9.17) is 9.47 Å². The number of carbonyl (C=O) groups excluding carboxylic acids is 1. The van der Waals surface area contributed by atoms with Crippen LogP contribution in [0.5, 0.6) is 5.75 Å². The molecule has 0 radical (unpaired) electrons. The fraction of sp³-hybridized carbons (Fsp3) is 0.440. The minimum Gasteiger partial charge on any atom is -0.410 e. The Morgan fingerprint density at radius 2 is 1.91 bits per heavy atom. The molecule has 1 amide bonds. The zero-order valence-electron chi connectivity index (χ0n) is 20.2. The summed E-state index contributed by atoms with van der Waals surface area (Å²) in [6.07, 6.45) is 9.16. The number of pyridine rings is 1. The number of carbonyl (C=O) groups is 1. The third kappa shape index (κ3) is 6.74. The average Bonchev–Trinajstić information content (AvgIpc) is 3.48. The molecule has 9 heteroatoms. The van der Waals surface area contributed by atoms with Crippen molar-refractivity contribution in [2.45, 2.75) is 64.1 Å². The molecule has 0 spiro atoms. The summed E-state index contributed by atoms with van der Waals surface area (Å²) in [5, 5.41) is 11.3. The van der Waals surface area contributed by atoms with Crippen LogP contribution in [0.3, 0.4) is 0 Å². The van der Waals surface area contributed by atoms with Crippen molar-refractivity contribution in [1.82, 2.24) is 25.1 Å². The van der Waals surface area contributed by atoms with Crippen LogP contribution in [0.4, 0.5) is 4.79 Å². The first-order valence-electron chi connectivity index (χ1n) is 11.9. The molecule has 0 saturated heterocycles. The lowest BCUT2D eigenvalue weighted by Crippen LogP contribution is -2.34. The molecule has 34 heavy (non-hydrogen) atoms. The maximum Gasteiger partial charge on any atom is 0.412 e. The molecule has 1 fully saturated rings. The van der Waals surface area contributed by atoms with Crippen molar-refractivity contribution in [3.8, 4) is 28.3 Å². The fourth-order valence-corrected chi connectivity index (χ4v) is 4.70. The normalized spacial score (nSPS) is 14.3. The molecule has 0 unspecified atom stereocenters. The zero-order chi connectivity index (χ0) is 24.0. The molecule has 0 bridgehead atoms. The van der Waals surface area contributed by atoms with Crippen molar-refractivity contribution < 1.29 is 14.3 Å². The van der Waals surface area contributed by atoms with Crippen LogP contribution in [-0.4, -0.2) is 46.6 Å². The van der Waals surface area contributed by atoms with E-state index in [2.05, 4.69) is 40.1 Å². The number of nitrogens with zero attached hydrogens (tertiary/aromatic N) is 4. The Morgan fingerprint density at radius 1 is 1.12 bits per heavy atom. The first-order chi connectivity index (χ1) is 16.4. The smallest absolute Gasteiger partial charge is 0.410 e. The summed E-state index contributed by atoms with van der Waals surface area (Å²) >= 11 is 0. The predicted molar refractivity (Wildman–Crippen MR) is 134 cm³/mol. The van der Waals surface area contributed by atoms with E-state index in [1.165, 1.54) is 0 Å². The van der Waals surface area contributed by atoms with Crippen molar-refractivity contribution >= 4 is 14.2 Å². The van der Waals surface area contributed by atoms with Crippen LogP contribution in [0.2, 0.25) is 25.7 Å². The molecule has 1 saturated carbocycles. The highest BCUT2D eigenvalue weighted by molar-refractivity contribution is 6.76. The molecular weight excluding hydrogens is 446 g/mol. The van der Waals surface area contributed by atoms with Crippen molar-refractivity contribution in [2.24, 2.45) is 0 Å². The summed E-state index contributed by atoms with van der Waals surface area (Å²) < 4.78 is 13.3. The Hall–Kier alpha value is -3.04. The van der Waals surface area contributed by atoms with E-state index < -0.39 is 14.2 Å². The summed E-state index contributed by atoms with van der Waals surface area (Å²) in [6.45, 7) is 8.13. The summed E-state index contributed by atoms with van der Waals surface area (Å²) in [5.41, 5.74) is 2.64. The van der Waals surface area contributed by atoms with Gasteiger partial charge in [0.15, 0.2) is 5.82 Å². The predicted octanol–water partition coefficient (Wildman–Crippen LogP) is 5.35. The number of nitrogens with one attached hydrogen (secondary N) is 1. The van der Waals surface area contributed by atoms with Gasteiger partial charge in [-0.3, -0.25) is 9.55 Å². The van der Waals surface area contributed by atoms with E-state index >= 15 is 0 Å². The topological polar surface area (TPSA) is 91.2 Å². The van der Waals surface area contributed by atoms with Crippen LogP contribution in [0.1, 0.15) is 25.7 Å². The third-order valence-corrected chi connectivity index (χ3v) is 7.60. The first kappa shape index (κ1) is 24.1. The SMILES string of the molecule is C[Si](C)(C)CCOCn1cnnc1-c1cncc(-c2cccc(OC(=O)NC3CCCC3)c2)c1. The van der Waals surface area contributed by atoms with Crippen molar-refractivity contribution in [1.29, 1.82) is 0 Å². The van der Waals surface area contributed by atoms with E-state index in [-0.39, 0.29) is 6.04 Å². The highest BCUT2D eigenvalue weighted by Crippen LogP contribution is 2.27. The van der Waals surface area contributed by atoms with Crippen LogP contribution in [0, 0.1) is 0 Å². The molecule has 3 aromatic rings. The molecular formula is C25H33N5O3Si. The maximum atomic E-state index is 12.3. The lowest BCUT2D eigenvalue weighted by Gasteiger charge is -2.15. The molecule has 1 N–H and O–H groups in total. The molecule has 1 aliphatic carbocycles. The number of benzene rings is 1. The number of ether oxygens (including phenoxy) is 2. The molecule has 8 nitrogen and oxygen atoms in total.